The Morgan fingerprint density at radius 2 is 1.33 bits per heavy atom. The number of nitrogens with one attached hydrogen (secondary N) is 3. The molecule has 0 radical (unpaired) electrons. The molecule has 0 saturated heterocycles. The number of rotatable bonds is 7. The van der Waals surface area contributed by atoms with Gasteiger partial charge in [0, 0.05) is 18.7 Å². The zero-order chi connectivity index (χ0) is 17.2. The lowest BCUT2D eigenvalue weighted by molar-refractivity contribution is 0.0706. The molecule has 0 spiro atoms. The molecule has 0 saturated carbocycles. The van der Waals surface area contributed by atoms with Gasteiger partial charge in [0.15, 0.2) is 0 Å². The number of hydrogen-bond acceptors (Lipinski definition) is 3. The van der Waals surface area contributed by atoms with Crippen LogP contribution in [0.4, 0.5) is 4.79 Å². The second kappa shape index (κ2) is 9.32. The van der Waals surface area contributed by atoms with E-state index in [1.54, 1.807) is 29.7 Å². The molecular weight excluding hydrogens is 306 g/mol. The maximum atomic E-state index is 11.7. The summed E-state index contributed by atoms with van der Waals surface area (Å²) in [5.74, 6) is -0.544. The Hall–Kier alpha value is -2.86. The highest BCUT2D eigenvalue weighted by atomic mass is 16.5. The number of hydrogen-bond donors (Lipinski definition) is 4. The fourth-order valence-corrected chi connectivity index (χ4v) is 2.24. The molecule has 2 aromatic carbocycles. The van der Waals surface area contributed by atoms with Crippen LogP contribution in [0.2, 0.25) is 0 Å². The first-order valence-corrected chi connectivity index (χ1v) is 7.78. The van der Waals surface area contributed by atoms with E-state index in [4.69, 9.17) is 5.21 Å². The van der Waals surface area contributed by atoms with Crippen molar-refractivity contribution < 1.29 is 14.8 Å². The first-order chi connectivity index (χ1) is 11.7. The lowest BCUT2D eigenvalue weighted by atomic mass is 10.1. The molecule has 2 aromatic rings. The number of amides is 3. The predicted octanol–water partition coefficient (Wildman–Crippen LogP) is 1.89. The van der Waals surface area contributed by atoms with E-state index >= 15 is 0 Å². The lowest BCUT2D eigenvalue weighted by Gasteiger charge is -2.08. The molecule has 0 aliphatic heterocycles. The van der Waals surface area contributed by atoms with Crippen molar-refractivity contribution in [3.63, 3.8) is 0 Å². The Morgan fingerprint density at radius 1 is 0.792 bits per heavy atom. The fourth-order valence-electron chi connectivity index (χ4n) is 2.24. The molecule has 24 heavy (non-hydrogen) atoms. The number of hydroxylamine groups is 1. The van der Waals surface area contributed by atoms with Crippen LogP contribution in [0.1, 0.15) is 21.5 Å². The van der Waals surface area contributed by atoms with E-state index < -0.39 is 5.91 Å². The highest BCUT2D eigenvalue weighted by molar-refractivity contribution is 5.93. The van der Waals surface area contributed by atoms with E-state index in [1.165, 1.54) is 5.56 Å². The molecule has 0 atom stereocenters. The van der Waals surface area contributed by atoms with Gasteiger partial charge in [0.25, 0.3) is 5.91 Å². The Bertz CT molecular complexity index is 657. The number of carbonyl (C=O) groups excluding carboxylic acids is 2. The molecule has 4 N–H and O–H groups in total. The van der Waals surface area contributed by atoms with Crippen molar-refractivity contribution in [2.75, 3.05) is 13.1 Å². The lowest BCUT2D eigenvalue weighted by Crippen LogP contribution is -2.37. The van der Waals surface area contributed by atoms with Crippen molar-refractivity contribution >= 4 is 11.9 Å². The molecule has 0 fully saturated rings. The second-order valence-corrected chi connectivity index (χ2v) is 5.31. The van der Waals surface area contributed by atoms with Gasteiger partial charge in [0.2, 0.25) is 0 Å². The topological polar surface area (TPSA) is 90.5 Å². The van der Waals surface area contributed by atoms with Gasteiger partial charge < -0.3 is 10.6 Å². The van der Waals surface area contributed by atoms with E-state index in [9.17, 15) is 9.59 Å². The average molecular weight is 327 g/mol. The largest absolute Gasteiger partial charge is 0.338 e. The van der Waals surface area contributed by atoms with E-state index in [0.717, 1.165) is 12.0 Å². The summed E-state index contributed by atoms with van der Waals surface area (Å²) < 4.78 is 0. The van der Waals surface area contributed by atoms with E-state index in [0.29, 0.717) is 25.1 Å². The van der Waals surface area contributed by atoms with Crippen LogP contribution in [0.25, 0.3) is 0 Å². The molecule has 126 valence electrons. The summed E-state index contributed by atoms with van der Waals surface area (Å²) in [6, 6.07) is 16.6. The van der Waals surface area contributed by atoms with E-state index in [1.807, 2.05) is 30.3 Å². The summed E-state index contributed by atoms with van der Waals surface area (Å²) in [4.78, 5) is 22.9. The molecule has 0 aliphatic carbocycles. The summed E-state index contributed by atoms with van der Waals surface area (Å²) >= 11 is 0. The van der Waals surface area contributed by atoms with Crippen LogP contribution in [0.5, 0.6) is 0 Å². The average Bonchev–Trinajstić information content (AvgIpc) is 2.62. The van der Waals surface area contributed by atoms with Crippen molar-refractivity contribution in [3.05, 3.63) is 71.3 Å². The Morgan fingerprint density at radius 3 is 1.88 bits per heavy atom. The van der Waals surface area contributed by atoms with Gasteiger partial charge in [-0.05, 0) is 36.1 Å². The van der Waals surface area contributed by atoms with Crippen molar-refractivity contribution in [1.29, 1.82) is 0 Å². The zero-order valence-corrected chi connectivity index (χ0v) is 13.3. The van der Waals surface area contributed by atoms with Crippen molar-refractivity contribution in [3.8, 4) is 0 Å². The molecule has 3 amide bonds. The van der Waals surface area contributed by atoms with Crippen molar-refractivity contribution in [2.24, 2.45) is 0 Å². The van der Waals surface area contributed by atoms with E-state index in [-0.39, 0.29) is 6.03 Å². The van der Waals surface area contributed by atoms with Crippen LogP contribution in [-0.4, -0.2) is 30.2 Å². The van der Waals surface area contributed by atoms with Crippen LogP contribution in [-0.2, 0) is 12.8 Å². The fraction of sp³-hybridized carbons (Fsp3) is 0.222. The third-order valence-corrected chi connectivity index (χ3v) is 3.56. The van der Waals surface area contributed by atoms with Gasteiger partial charge in [-0.25, -0.2) is 10.3 Å². The standard InChI is InChI=1S/C18H21N3O3/c22-17(21-24)16-8-6-15(7-9-16)11-13-20-18(23)19-12-10-14-4-2-1-3-5-14/h1-9,24H,10-13H2,(H,21,22)(H2,19,20,23). The quantitative estimate of drug-likeness (QED) is 0.462. The van der Waals surface area contributed by atoms with Crippen LogP contribution in [0, 0.1) is 0 Å². The number of urea groups is 1. The van der Waals surface area contributed by atoms with Crippen LogP contribution < -0.4 is 16.1 Å². The van der Waals surface area contributed by atoms with E-state index in [2.05, 4.69) is 10.6 Å². The smallest absolute Gasteiger partial charge is 0.314 e. The predicted molar refractivity (Wildman–Crippen MR) is 90.9 cm³/mol. The van der Waals surface area contributed by atoms with Gasteiger partial charge in [-0.2, -0.15) is 0 Å². The summed E-state index contributed by atoms with van der Waals surface area (Å²) in [5, 5.41) is 14.2. The minimum Gasteiger partial charge on any atom is -0.338 e. The zero-order valence-electron chi connectivity index (χ0n) is 13.3. The first-order valence-electron chi connectivity index (χ1n) is 7.78. The van der Waals surface area contributed by atoms with Crippen molar-refractivity contribution in [1.82, 2.24) is 16.1 Å². The SMILES string of the molecule is O=C(NCCc1ccccc1)NCCc1ccc(C(=O)NO)cc1. The van der Waals surface area contributed by atoms with Gasteiger partial charge in [0.05, 0.1) is 0 Å². The van der Waals surface area contributed by atoms with Crippen molar-refractivity contribution in [2.45, 2.75) is 12.8 Å². The first kappa shape index (κ1) is 17.5. The molecule has 6 nitrogen and oxygen atoms in total. The second-order valence-electron chi connectivity index (χ2n) is 5.31. The molecule has 2 rings (SSSR count). The molecular formula is C18H21N3O3. The third kappa shape index (κ3) is 5.73. The van der Waals surface area contributed by atoms with Gasteiger partial charge in [-0.15, -0.1) is 0 Å². The Kier molecular flexibility index (Phi) is 6.79. The third-order valence-electron chi connectivity index (χ3n) is 3.56. The molecule has 0 heterocycles. The van der Waals surface area contributed by atoms with Crippen LogP contribution in [0.3, 0.4) is 0 Å². The van der Waals surface area contributed by atoms with Gasteiger partial charge in [0.1, 0.15) is 0 Å². The molecule has 0 unspecified atom stereocenters. The summed E-state index contributed by atoms with van der Waals surface area (Å²) in [5.41, 5.74) is 4.15. The maximum Gasteiger partial charge on any atom is 0.314 e. The maximum absolute atomic E-state index is 11.7. The molecule has 0 aromatic heterocycles. The summed E-state index contributed by atoms with van der Waals surface area (Å²) in [7, 11) is 0. The number of carbonyl (C=O) groups is 2. The molecule has 6 heteroatoms. The highest BCUT2D eigenvalue weighted by Gasteiger charge is 2.04. The van der Waals surface area contributed by atoms with Crippen LogP contribution >= 0.6 is 0 Å². The van der Waals surface area contributed by atoms with Gasteiger partial charge in [-0.1, -0.05) is 42.5 Å². The van der Waals surface area contributed by atoms with Gasteiger partial charge >= 0.3 is 6.03 Å². The minimum absolute atomic E-state index is 0.192. The summed E-state index contributed by atoms with van der Waals surface area (Å²) in [6.07, 6.45) is 1.45. The number of benzene rings is 2. The minimum atomic E-state index is -0.544. The molecule has 0 bridgehead atoms. The highest BCUT2D eigenvalue weighted by Crippen LogP contribution is 2.04. The van der Waals surface area contributed by atoms with Gasteiger partial charge in [-0.3, -0.25) is 10.0 Å². The van der Waals surface area contributed by atoms with Crippen LogP contribution in [0.15, 0.2) is 54.6 Å². The Balaban J connectivity index is 1.64. The monoisotopic (exact) mass is 327 g/mol. The molecule has 0 aliphatic rings. The Labute approximate surface area is 140 Å². The summed E-state index contributed by atoms with van der Waals surface area (Å²) in [6.45, 7) is 1.09. The normalized spacial score (nSPS) is 10.0.